The van der Waals surface area contributed by atoms with Crippen LogP contribution in [0.25, 0.3) is 0 Å². The van der Waals surface area contributed by atoms with Crippen molar-refractivity contribution >= 4 is 29.4 Å². The molecule has 1 unspecified atom stereocenters. The smallest absolute Gasteiger partial charge is 0.337 e. The van der Waals surface area contributed by atoms with Gasteiger partial charge in [-0.2, -0.15) is 5.01 Å². The molecule has 11 heteroatoms. The molecule has 0 bridgehead atoms. The quantitative estimate of drug-likeness (QED) is 0.247. The second-order valence-electron chi connectivity index (χ2n) is 2.91. The first kappa shape index (κ1) is 18.4. The van der Waals surface area contributed by atoms with Gasteiger partial charge in [0.25, 0.3) is 0 Å². The van der Waals surface area contributed by atoms with E-state index in [0.717, 1.165) is 0 Å². The predicted octanol–water partition coefficient (Wildman–Crippen LogP) is -2.04. The van der Waals surface area contributed by atoms with E-state index in [1.54, 1.807) is 0 Å². The number of carbonyl (C=O) groups is 3. The Labute approximate surface area is 108 Å². The van der Waals surface area contributed by atoms with E-state index in [4.69, 9.17) is 28.8 Å². The van der Waals surface area contributed by atoms with Gasteiger partial charge in [0.05, 0.1) is 24.3 Å². The van der Waals surface area contributed by atoms with E-state index in [0.29, 0.717) is 5.01 Å². The van der Waals surface area contributed by atoms with Gasteiger partial charge in [0.1, 0.15) is 0 Å². The molecule has 0 saturated heterocycles. The predicted molar refractivity (Wildman–Crippen MR) is 63.8 cm³/mol. The van der Waals surface area contributed by atoms with E-state index in [1.165, 1.54) is 0 Å². The van der Waals surface area contributed by atoms with Gasteiger partial charge in [-0.25, -0.2) is 4.79 Å². The Hall–Kier alpha value is -1.94. The maximum Gasteiger partial charge on any atom is 0.337 e. The highest BCUT2D eigenvalue weighted by Crippen LogP contribution is 1.88. The molecule has 4 amide bonds. The molecule has 0 rings (SSSR count). The number of nitrogens with zero attached hydrogens (tertiary/aromatic N) is 2. The summed E-state index contributed by atoms with van der Waals surface area (Å²) in [6.07, 6.45) is -0.185. The van der Waals surface area contributed by atoms with E-state index in [1.807, 2.05) is 0 Å². The largest absolute Gasteiger partial charge is 0.370 e. The van der Waals surface area contributed by atoms with E-state index < -0.39 is 23.9 Å². The minimum Gasteiger partial charge on any atom is -0.370 e. The fourth-order valence-corrected chi connectivity index (χ4v) is 0.749. The van der Waals surface area contributed by atoms with Crippen molar-refractivity contribution in [2.24, 2.45) is 28.2 Å². The lowest BCUT2D eigenvalue weighted by atomic mass is 10.2. The van der Waals surface area contributed by atoms with Crippen LogP contribution in [0.2, 0.25) is 0 Å². The molecule has 0 aromatic rings. The molecule has 0 aliphatic heterocycles. The SMILES string of the molecule is NC(=O)CC(N)C(N)=O.NC(=O)N(CCCl)N=O. The zero-order chi connectivity index (χ0) is 14.7. The lowest BCUT2D eigenvalue weighted by molar-refractivity contribution is -0.124. The lowest BCUT2D eigenvalue weighted by Gasteiger charge is -2.05. The Morgan fingerprint density at radius 1 is 1.22 bits per heavy atom. The molecule has 0 aliphatic carbocycles. The number of urea groups is 1. The zero-order valence-electron chi connectivity index (χ0n) is 9.41. The third-order valence-electron chi connectivity index (χ3n) is 1.44. The highest BCUT2D eigenvalue weighted by molar-refractivity contribution is 6.18. The third-order valence-corrected chi connectivity index (χ3v) is 1.60. The number of hydrogen-bond acceptors (Lipinski definition) is 6. The number of amides is 4. The maximum atomic E-state index is 10.1. The van der Waals surface area contributed by atoms with Crippen molar-refractivity contribution in [3.63, 3.8) is 0 Å². The van der Waals surface area contributed by atoms with Crippen molar-refractivity contribution in [3.05, 3.63) is 4.91 Å². The maximum absolute atomic E-state index is 10.1. The summed E-state index contributed by atoms with van der Waals surface area (Å²) in [6.45, 7) is 0.0559. The first-order valence-corrected chi connectivity index (χ1v) is 5.09. The highest BCUT2D eigenvalue weighted by Gasteiger charge is 2.10. The molecule has 0 aliphatic rings. The summed E-state index contributed by atoms with van der Waals surface area (Å²) in [6, 6.07) is -1.83. The zero-order valence-corrected chi connectivity index (χ0v) is 10.2. The van der Waals surface area contributed by atoms with Crippen LogP contribution in [0, 0.1) is 4.91 Å². The van der Waals surface area contributed by atoms with Crippen LogP contribution in [-0.4, -0.2) is 41.3 Å². The van der Waals surface area contributed by atoms with Crippen molar-refractivity contribution in [1.82, 2.24) is 5.01 Å². The van der Waals surface area contributed by atoms with Gasteiger partial charge < -0.3 is 22.9 Å². The number of carbonyl (C=O) groups excluding carboxylic acids is 3. The van der Waals surface area contributed by atoms with Crippen LogP contribution in [0.3, 0.4) is 0 Å². The Morgan fingerprint density at radius 3 is 1.83 bits per heavy atom. The minimum atomic E-state index is -0.942. The van der Waals surface area contributed by atoms with Gasteiger partial charge in [-0.05, 0) is 0 Å². The molecule has 0 radical (unpaired) electrons. The van der Waals surface area contributed by atoms with E-state index in [2.05, 4.69) is 11.0 Å². The van der Waals surface area contributed by atoms with Crippen molar-refractivity contribution in [2.45, 2.75) is 12.5 Å². The van der Waals surface area contributed by atoms with Gasteiger partial charge in [0.15, 0.2) is 0 Å². The number of rotatable bonds is 6. The van der Waals surface area contributed by atoms with E-state index in [-0.39, 0.29) is 18.8 Å². The molecule has 1 atom stereocenters. The summed E-state index contributed by atoms with van der Waals surface area (Å²) in [7, 11) is 0. The summed E-state index contributed by atoms with van der Waals surface area (Å²) < 4.78 is 0. The van der Waals surface area contributed by atoms with Crippen LogP contribution in [0.4, 0.5) is 4.79 Å². The summed E-state index contributed by atoms with van der Waals surface area (Å²) in [4.78, 5) is 39.9. The van der Waals surface area contributed by atoms with Crippen LogP contribution in [0.5, 0.6) is 0 Å². The molecule has 8 N–H and O–H groups in total. The number of halogens is 1. The van der Waals surface area contributed by atoms with Gasteiger partial charge in [-0.3, -0.25) is 9.59 Å². The first-order valence-electron chi connectivity index (χ1n) is 4.55. The number of nitrogens with two attached hydrogens (primary N) is 4. The summed E-state index contributed by atoms with van der Waals surface area (Å²) >= 11 is 5.17. The average Bonchev–Trinajstić information content (AvgIpc) is 2.25. The molecule has 18 heavy (non-hydrogen) atoms. The Morgan fingerprint density at radius 2 is 1.72 bits per heavy atom. The molecule has 0 fully saturated rings. The van der Waals surface area contributed by atoms with Crippen molar-refractivity contribution in [1.29, 1.82) is 0 Å². The fourth-order valence-electron chi connectivity index (χ4n) is 0.589. The molecular formula is C7H15ClN6O4. The van der Waals surface area contributed by atoms with Crippen molar-refractivity contribution in [3.8, 4) is 0 Å². The number of primary amides is 3. The van der Waals surface area contributed by atoms with Crippen LogP contribution < -0.4 is 22.9 Å². The van der Waals surface area contributed by atoms with Crippen molar-refractivity contribution in [2.75, 3.05) is 12.4 Å². The fraction of sp³-hybridized carbons (Fsp3) is 0.571. The molecule has 0 saturated carbocycles. The number of hydrogen-bond donors (Lipinski definition) is 4. The molecule has 0 spiro atoms. The van der Waals surface area contributed by atoms with Crippen LogP contribution in [0.15, 0.2) is 5.29 Å². The van der Waals surface area contributed by atoms with Gasteiger partial charge in [0.2, 0.25) is 11.8 Å². The average molecular weight is 283 g/mol. The molecule has 10 nitrogen and oxygen atoms in total. The van der Waals surface area contributed by atoms with Gasteiger partial charge >= 0.3 is 6.03 Å². The molecule has 104 valence electrons. The monoisotopic (exact) mass is 282 g/mol. The summed E-state index contributed by atoms with van der Waals surface area (Å²) in [5.41, 5.74) is 19.1. The van der Waals surface area contributed by atoms with Crippen LogP contribution in [-0.2, 0) is 9.59 Å². The van der Waals surface area contributed by atoms with E-state index >= 15 is 0 Å². The number of alkyl halides is 1. The second kappa shape index (κ2) is 10.2. The van der Waals surface area contributed by atoms with Crippen molar-refractivity contribution < 1.29 is 14.4 Å². The van der Waals surface area contributed by atoms with Gasteiger partial charge in [-0.15, -0.1) is 16.5 Å². The summed E-state index contributed by atoms with van der Waals surface area (Å²) in [5.74, 6) is -1.19. The van der Waals surface area contributed by atoms with Crippen LogP contribution >= 0.6 is 11.6 Å². The van der Waals surface area contributed by atoms with Gasteiger partial charge in [-0.1, -0.05) is 0 Å². The van der Waals surface area contributed by atoms with Gasteiger partial charge in [0, 0.05) is 5.88 Å². The lowest BCUT2D eigenvalue weighted by Crippen LogP contribution is -2.39. The van der Waals surface area contributed by atoms with E-state index in [9.17, 15) is 19.3 Å². The third kappa shape index (κ3) is 10.6. The second-order valence-corrected chi connectivity index (χ2v) is 3.29. The summed E-state index contributed by atoms with van der Waals surface area (Å²) in [5, 5.41) is 2.85. The number of nitroso groups, excluding NO2 is 1. The molecular weight excluding hydrogens is 268 g/mol. The first-order chi connectivity index (χ1) is 8.26. The van der Waals surface area contributed by atoms with Crippen LogP contribution in [0.1, 0.15) is 6.42 Å². The molecule has 0 heterocycles. The highest BCUT2D eigenvalue weighted by atomic mass is 35.5. The molecule has 0 aromatic heterocycles. The minimum absolute atomic E-state index is 0.0559. The Balaban J connectivity index is 0. The molecule has 0 aromatic carbocycles. The topological polar surface area (TPSA) is 188 Å². The standard InChI is InChI=1S/C4H9N3O2.C3H6ClN3O2/c5-2(4(7)9)1-3(6)8;4-1-2-7(6-9)3(5)8/h2H,1,5H2,(H2,6,8)(H2,7,9);1-2H2,(H2,5,8). The Bertz CT molecular complexity index is 312. The Kier molecular flexibility index (Phi) is 10.5. The normalized spacial score (nSPS) is 10.6.